The molecule has 6 nitrogen and oxygen atoms in total. The smallest absolute Gasteiger partial charge is 0.263 e. The summed E-state index contributed by atoms with van der Waals surface area (Å²) in [6, 6.07) is 7.19. The summed E-state index contributed by atoms with van der Waals surface area (Å²) >= 11 is 1.29. The maximum atomic E-state index is 12.5. The summed E-state index contributed by atoms with van der Waals surface area (Å²) in [6.45, 7) is 3.71. The Kier molecular flexibility index (Phi) is 4.38. The molecule has 0 saturated heterocycles. The lowest BCUT2D eigenvalue weighted by Gasteiger charge is -2.12. The Balaban J connectivity index is 1.79. The standard InChI is InChI=1S/C16H15N5OS/c1-10(12-6-3-4-7-17-12)20-15(22)13-11(2)21-16(23-13)14-18-8-5-9-19-14/h3-10H,1-2H3,(H,20,22)/t10-/m0/s1. The number of nitrogens with one attached hydrogen (secondary N) is 1. The fraction of sp³-hybridized carbons (Fsp3) is 0.188. The summed E-state index contributed by atoms with van der Waals surface area (Å²) in [4.78, 5) is 30.0. The van der Waals surface area contributed by atoms with Gasteiger partial charge in [-0.15, -0.1) is 11.3 Å². The quantitative estimate of drug-likeness (QED) is 0.798. The minimum atomic E-state index is -0.179. The Bertz CT molecular complexity index is 804. The Hall–Kier alpha value is -2.67. The van der Waals surface area contributed by atoms with Crippen molar-refractivity contribution in [1.29, 1.82) is 0 Å². The van der Waals surface area contributed by atoms with Gasteiger partial charge in [-0.05, 0) is 32.0 Å². The number of amides is 1. The fourth-order valence-corrected chi connectivity index (χ4v) is 3.00. The highest BCUT2D eigenvalue weighted by molar-refractivity contribution is 7.17. The third-order valence-corrected chi connectivity index (χ3v) is 4.39. The highest BCUT2D eigenvalue weighted by Crippen LogP contribution is 2.25. The van der Waals surface area contributed by atoms with Gasteiger partial charge in [0, 0.05) is 18.6 Å². The Morgan fingerprint density at radius 2 is 1.87 bits per heavy atom. The average Bonchev–Trinajstić information content (AvgIpc) is 2.98. The van der Waals surface area contributed by atoms with Gasteiger partial charge in [0.05, 0.1) is 17.4 Å². The summed E-state index contributed by atoms with van der Waals surface area (Å²) in [5.41, 5.74) is 1.48. The molecule has 0 radical (unpaired) electrons. The van der Waals surface area contributed by atoms with Crippen LogP contribution in [0.2, 0.25) is 0 Å². The van der Waals surface area contributed by atoms with Crippen LogP contribution >= 0.6 is 11.3 Å². The highest BCUT2D eigenvalue weighted by Gasteiger charge is 2.19. The van der Waals surface area contributed by atoms with E-state index in [0.29, 0.717) is 21.4 Å². The molecular formula is C16H15N5OS. The van der Waals surface area contributed by atoms with Gasteiger partial charge in [0.1, 0.15) is 4.88 Å². The Morgan fingerprint density at radius 1 is 1.13 bits per heavy atom. The molecule has 3 aromatic rings. The monoisotopic (exact) mass is 325 g/mol. The van der Waals surface area contributed by atoms with Crippen LogP contribution in [0.5, 0.6) is 0 Å². The number of thiazole rings is 1. The van der Waals surface area contributed by atoms with Gasteiger partial charge in [0.2, 0.25) is 0 Å². The van der Waals surface area contributed by atoms with Gasteiger partial charge in [-0.25, -0.2) is 15.0 Å². The van der Waals surface area contributed by atoms with E-state index in [1.807, 2.05) is 32.0 Å². The van der Waals surface area contributed by atoms with E-state index < -0.39 is 0 Å². The second-order valence-electron chi connectivity index (χ2n) is 4.96. The van der Waals surface area contributed by atoms with Gasteiger partial charge in [-0.2, -0.15) is 0 Å². The van der Waals surface area contributed by atoms with Gasteiger partial charge in [-0.3, -0.25) is 9.78 Å². The van der Waals surface area contributed by atoms with Gasteiger partial charge in [0.15, 0.2) is 10.8 Å². The SMILES string of the molecule is Cc1nc(-c2ncccn2)sc1C(=O)N[C@@H](C)c1ccccn1. The first-order valence-electron chi connectivity index (χ1n) is 7.12. The van der Waals surface area contributed by atoms with Crippen LogP contribution in [0.4, 0.5) is 0 Å². The normalized spacial score (nSPS) is 11.9. The van der Waals surface area contributed by atoms with Crippen LogP contribution in [-0.4, -0.2) is 25.8 Å². The second kappa shape index (κ2) is 6.62. The maximum Gasteiger partial charge on any atom is 0.263 e. The maximum absolute atomic E-state index is 12.5. The molecule has 3 rings (SSSR count). The van der Waals surface area contributed by atoms with E-state index in [9.17, 15) is 4.79 Å². The predicted molar refractivity (Wildman–Crippen MR) is 88.0 cm³/mol. The van der Waals surface area contributed by atoms with Crippen LogP contribution in [0.25, 0.3) is 10.8 Å². The van der Waals surface area contributed by atoms with E-state index in [2.05, 4.69) is 25.3 Å². The molecule has 7 heteroatoms. The summed E-state index contributed by atoms with van der Waals surface area (Å²) in [5.74, 6) is 0.359. The number of rotatable bonds is 4. The van der Waals surface area contributed by atoms with Crippen molar-refractivity contribution in [3.8, 4) is 10.8 Å². The first-order valence-corrected chi connectivity index (χ1v) is 7.93. The van der Waals surface area contributed by atoms with Crippen LogP contribution in [0.3, 0.4) is 0 Å². The number of hydrogen-bond acceptors (Lipinski definition) is 6. The second-order valence-corrected chi connectivity index (χ2v) is 5.95. The number of carbonyl (C=O) groups excluding carboxylic acids is 1. The molecule has 3 heterocycles. The fourth-order valence-electron chi connectivity index (χ4n) is 2.08. The molecule has 23 heavy (non-hydrogen) atoms. The zero-order valence-corrected chi connectivity index (χ0v) is 13.5. The van der Waals surface area contributed by atoms with Crippen LogP contribution < -0.4 is 5.32 Å². The van der Waals surface area contributed by atoms with E-state index in [-0.39, 0.29) is 11.9 Å². The number of pyridine rings is 1. The largest absolute Gasteiger partial charge is 0.343 e. The summed E-state index contributed by atoms with van der Waals surface area (Å²) in [6.07, 6.45) is 5.02. The topological polar surface area (TPSA) is 80.7 Å². The predicted octanol–water partition coefficient (Wildman–Crippen LogP) is 2.79. The molecule has 116 valence electrons. The molecule has 0 fully saturated rings. The molecule has 0 bridgehead atoms. The van der Waals surface area contributed by atoms with E-state index in [0.717, 1.165) is 5.69 Å². The number of nitrogens with zero attached hydrogens (tertiary/aromatic N) is 4. The van der Waals surface area contributed by atoms with Crippen LogP contribution in [-0.2, 0) is 0 Å². The van der Waals surface area contributed by atoms with Gasteiger partial charge >= 0.3 is 0 Å². The minimum Gasteiger partial charge on any atom is -0.343 e. The number of carbonyl (C=O) groups is 1. The lowest BCUT2D eigenvalue weighted by molar-refractivity contribution is 0.0942. The average molecular weight is 325 g/mol. The molecule has 0 aliphatic carbocycles. The number of hydrogen-bond donors (Lipinski definition) is 1. The Morgan fingerprint density at radius 3 is 2.57 bits per heavy atom. The van der Waals surface area contributed by atoms with Crippen molar-refractivity contribution >= 4 is 17.2 Å². The summed E-state index contributed by atoms with van der Waals surface area (Å²) < 4.78 is 0. The molecule has 1 N–H and O–H groups in total. The van der Waals surface area contributed by atoms with Crippen molar-refractivity contribution in [1.82, 2.24) is 25.3 Å². The molecule has 0 aliphatic rings. The zero-order valence-electron chi connectivity index (χ0n) is 12.7. The minimum absolute atomic E-state index is 0.166. The molecule has 0 unspecified atom stereocenters. The van der Waals surface area contributed by atoms with Gasteiger partial charge in [0.25, 0.3) is 5.91 Å². The lowest BCUT2D eigenvalue weighted by atomic mass is 10.2. The first-order chi connectivity index (χ1) is 11.1. The van der Waals surface area contributed by atoms with Crippen LogP contribution in [0.15, 0.2) is 42.9 Å². The highest BCUT2D eigenvalue weighted by atomic mass is 32.1. The molecular weight excluding hydrogens is 310 g/mol. The Labute approximate surface area is 137 Å². The molecule has 1 amide bonds. The van der Waals surface area contributed by atoms with Crippen LogP contribution in [0, 0.1) is 6.92 Å². The number of aromatic nitrogens is 4. The lowest BCUT2D eigenvalue weighted by Crippen LogP contribution is -2.27. The molecule has 0 aromatic carbocycles. The van der Waals surface area contributed by atoms with E-state index in [1.54, 1.807) is 24.7 Å². The summed E-state index contributed by atoms with van der Waals surface area (Å²) in [5, 5.41) is 3.58. The third kappa shape index (κ3) is 3.40. The van der Waals surface area contributed by atoms with E-state index >= 15 is 0 Å². The van der Waals surface area contributed by atoms with Crippen molar-refractivity contribution in [3.05, 3.63) is 59.1 Å². The van der Waals surface area contributed by atoms with Crippen LogP contribution in [0.1, 0.15) is 34.0 Å². The van der Waals surface area contributed by atoms with E-state index in [1.165, 1.54) is 11.3 Å². The van der Waals surface area contributed by atoms with Gasteiger partial charge < -0.3 is 5.32 Å². The van der Waals surface area contributed by atoms with Crippen molar-refractivity contribution in [2.75, 3.05) is 0 Å². The first kappa shape index (κ1) is 15.2. The van der Waals surface area contributed by atoms with Crippen molar-refractivity contribution < 1.29 is 4.79 Å². The van der Waals surface area contributed by atoms with Crippen molar-refractivity contribution in [2.45, 2.75) is 19.9 Å². The van der Waals surface area contributed by atoms with Crippen molar-refractivity contribution in [2.24, 2.45) is 0 Å². The van der Waals surface area contributed by atoms with Crippen molar-refractivity contribution in [3.63, 3.8) is 0 Å². The molecule has 3 aromatic heterocycles. The molecule has 1 atom stereocenters. The van der Waals surface area contributed by atoms with Gasteiger partial charge in [-0.1, -0.05) is 6.07 Å². The molecule has 0 saturated carbocycles. The molecule has 0 aliphatic heterocycles. The van der Waals surface area contributed by atoms with E-state index in [4.69, 9.17) is 0 Å². The zero-order chi connectivity index (χ0) is 16.2. The molecule has 0 spiro atoms. The third-order valence-electron chi connectivity index (χ3n) is 3.24. The number of aryl methyl sites for hydroxylation is 1. The summed E-state index contributed by atoms with van der Waals surface area (Å²) in [7, 11) is 0.